The predicted molar refractivity (Wildman–Crippen MR) is 117 cm³/mol. The third-order valence-corrected chi connectivity index (χ3v) is 7.36. The fraction of sp³-hybridized carbons (Fsp3) is 0.364. The topological polar surface area (TPSA) is 86.8 Å². The van der Waals surface area contributed by atoms with E-state index in [9.17, 15) is 18.0 Å². The highest BCUT2D eigenvalue weighted by molar-refractivity contribution is 7.89. The van der Waals surface area contributed by atoms with Crippen LogP contribution in [-0.2, 0) is 14.8 Å². The summed E-state index contributed by atoms with van der Waals surface area (Å²) in [5.41, 5.74) is 2.71. The molecule has 30 heavy (non-hydrogen) atoms. The number of anilines is 2. The molecular formula is C22H27N3O4S. The zero-order valence-corrected chi connectivity index (χ0v) is 18.3. The van der Waals surface area contributed by atoms with Crippen molar-refractivity contribution in [1.29, 1.82) is 0 Å². The SMILES string of the molecule is CCN(CC)S(=O)(=O)c1ccc(C(=O)Nc2ccc(C)c(N3CCCC3=O)c2)cc1. The van der Waals surface area contributed by atoms with Crippen LogP contribution in [-0.4, -0.2) is 44.2 Å². The first-order valence-corrected chi connectivity index (χ1v) is 11.5. The molecule has 3 rings (SSSR count). The smallest absolute Gasteiger partial charge is 0.255 e. The molecule has 0 atom stereocenters. The van der Waals surface area contributed by atoms with Crippen molar-refractivity contribution in [2.75, 3.05) is 29.9 Å². The van der Waals surface area contributed by atoms with E-state index < -0.39 is 10.0 Å². The van der Waals surface area contributed by atoms with Crippen molar-refractivity contribution in [3.8, 4) is 0 Å². The molecule has 160 valence electrons. The molecule has 1 fully saturated rings. The summed E-state index contributed by atoms with van der Waals surface area (Å²) in [6.45, 7) is 6.96. The van der Waals surface area contributed by atoms with Crippen LogP contribution in [0.15, 0.2) is 47.4 Å². The normalized spacial score (nSPS) is 14.4. The van der Waals surface area contributed by atoms with Crippen molar-refractivity contribution in [2.45, 2.75) is 38.5 Å². The number of amides is 2. The summed E-state index contributed by atoms with van der Waals surface area (Å²) >= 11 is 0. The first-order valence-electron chi connectivity index (χ1n) is 10.1. The van der Waals surface area contributed by atoms with E-state index in [4.69, 9.17) is 0 Å². The summed E-state index contributed by atoms with van der Waals surface area (Å²) in [5.74, 6) is -0.254. The molecule has 1 heterocycles. The second kappa shape index (κ2) is 8.97. The summed E-state index contributed by atoms with van der Waals surface area (Å²) in [5, 5.41) is 2.83. The first-order chi connectivity index (χ1) is 14.3. The van der Waals surface area contributed by atoms with E-state index in [-0.39, 0.29) is 16.7 Å². The summed E-state index contributed by atoms with van der Waals surface area (Å²) in [4.78, 5) is 26.6. The predicted octanol–water partition coefficient (Wildman–Crippen LogP) is 3.40. The third-order valence-electron chi connectivity index (χ3n) is 5.29. The van der Waals surface area contributed by atoms with Gasteiger partial charge in [0.05, 0.1) is 4.90 Å². The van der Waals surface area contributed by atoms with Gasteiger partial charge in [-0.3, -0.25) is 9.59 Å². The lowest BCUT2D eigenvalue weighted by atomic mass is 10.1. The molecule has 0 saturated carbocycles. The van der Waals surface area contributed by atoms with Crippen LogP contribution in [0.4, 0.5) is 11.4 Å². The molecule has 0 aliphatic carbocycles. The average Bonchev–Trinajstić information content (AvgIpc) is 3.16. The number of benzene rings is 2. The quantitative estimate of drug-likeness (QED) is 0.731. The number of nitrogens with zero attached hydrogens (tertiary/aromatic N) is 2. The van der Waals surface area contributed by atoms with Crippen molar-refractivity contribution in [2.24, 2.45) is 0 Å². The summed E-state index contributed by atoms with van der Waals surface area (Å²) < 4.78 is 26.5. The monoisotopic (exact) mass is 429 g/mol. The molecular weight excluding hydrogens is 402 g/mol. The fourth-order valence-corrected chi connectivity index (χ4v) is 5.03. The van der Waals surface area contributed by atoms with Crippen LogP contribution in [0, 0.1) is 6.92 Å². The minimum absolute atomic E-state index is 0.0894. The Kier molecular flexibility index (Phi) is 6.58. The van der Waals surface area contributed by atoms with Crippen LogP contribution in [0.3, 0.4) is 0 Å². The van der Waals surface area contributed by atoms with Gasteiger partial charge < -0.3 is 10.2 Å². The van der Waals surface area contributed by atoms with Gasteiger partial charge in [0, 0.05) is 43.0 Å². The van der Waals surface area contributed by atoms with Crippen molar-refractivity contribution >= 4 is 33.2 Å². The van der Waals surface area contributed by atoms with Gasteiger partial charge in [-0.25, -0.2) is 8.42 Å². The molecule has 7 nitrogen and oxygen atoms in total. The molecule has 0 unspecified atom stereocenters. The van der Waals surface area contributed by atoms with Gasteiger partial charge in [0.25, 0.3) is 5.91 Å². The average molecular weight is 430 g/mol. The number of sulfonamides is 1. The minimum atomic E-state index is -3.56. The van der Waals surface area contributed by atoms with Crippen LogP contribution < -0.4 is 10.2 Å². The van der Waals surface area contributed by atoms with Crippen LogP contribution in [0.5, 0.6) is 0 Å². The van der Waals surface area contributed by atoms with E-state index in [1.807, 2.05) is 13.0 Å². The maximum atomic E-state index is 12.7. The third kappa shape index (κ3) is 4.39. The number of rotatable bonds is 7. The van der Waals surface area contributed by atoms with Gasteiger partial charge in [0.1, 0.15) is 0 Å². The second-order valence-electron chi connectivity index (χ2n) is 7.22. The summed E-state index contributed by atoms with van der Waals surface area (Å²) in [6.07, 6.45) is 1.37. The number of aryl methyl sites for hydroxylation is 1. The summed E-state index contributed by atoms with van der Waals surface area (Å²) in [7, 11) is -3.56. The van der Waals surface area contributed by atoms with Crippen LogP contribution >= 0.6 is 0 Å². The Morgan fingerprint density at radius 1 is 1.10 bits per heavy atom. The molecule has 1 saturated heterocycles. The molecule has 0 spiro atoms. The maximum Gasteiger partial charge on any atom is 0.255 e. The van der Waals surface area contributed by atoms with Crippen molar-refractivity contribution < 1.29 is 18.0 Å². The standard InChI is InChI=1S/C22H27N3O4S/c1-4-24(5-2)30(28,29)19-12-9-17(10-13-19)22(27)23-18-11-8-16(3)20(15-18)25-14-6-7-21(25)26/h8-13,15H,4-7,14H2,1-3H3,(H,23,27). The number of hydrogen-bond donors (Lipinski definition) is 1. The van der Waals surface area contributed by atoms with Crippen molar-refractivity contribution in [3.63, 3.8) is 0 Å². The zero-order valence-electron chi connectivity index (χ0n) is 17.5. The van der Waals surface area contributed by atoms with Crippen LogP contribution in [0.2, 0.25) is 0 Å². The molecule has 8 heteroatoms. The first kappa shape index (κ1) is 22.0. The Labute approximate surface area is 177 Å². The van der Waals surface area contributed by atoms with E-state index in [2.05, 4.69) is 5.32 Å². The molecule has 0 radical (unpaired) electrons. The Morgan fingerprint density at radius 2 is 1.77 bits per heavy atom. The van der Waals surface area contributed by atoms with Gasteiger partial charge in [0.15, 0.2) is 0 Å². The zero-order chi connectivity index (χ0) is 21.9. The maximum absolute atomic E-state index is 12.7. The van der Waals surface area contributed by atoms with Gasteiger partial charge in [0.2, 0.25) is 15.9 Å². The van der Waals surface area contributed by atoms with Crippen LogP contribution in [0.1, 0.15) is 42.6 Å². The molecule has 1 aliphatic rings. The second-order valence-corrected chi connectivity index (χ2v) is 9.16. The lowest BCUT2D eigenvalue weighted by Gasteiger charge is -2.20. The van der Waals surface area contributed by atoms with Crippen molar-refractivity contribution in [3.05, 3.63) is 53.6 Å². The largest absolute Gasteiger partial charge is 0.322 e. The Balaban J connectivity index is 1.78. The van der Waals surface area contributed by atoms with E-state index in [1.54, 1.807) is 30.9 Å². The van der Waals surface area contributed by atoms with E-state index in [0.717, 1.165) is 17.7 Å². The molecule has 1 N–H and O–H groups in total. The lowest BCUT2D eigenvalue weighted by Crippen LogP contribution is -2.30. The van der Waals surface area contributed by atoms with Gasteiger partial charge in [-0.1, -0.05) is 19.9 Å². The van der Waals surface area contributed by atoms with Crippen molar-refractivity contribution in [1.82, 2.24) is 4.31 Å². The van der Waals surface area contributed by atoms with Gasteiger partial charge in [-0.05, 0) is 55.3 Å². The number of nitrogens with one attached hydrogen (secondary N) is 1. The van der Waals surface area contributed by atoms with Gasteiger partial charge >= 0.3 is 0 Å². The highest BCUT2D eigenvalue weighted by Gasteiger charge is 2.24. The minimum Gasteiger partial charge on any atom is -0.322 e. The highest BCUT2D eigenvalue weighted by Crippen LogP contribution is 2.28. The van der Waals surface area contributed by atoms with Gasteiger partial charge in [-0.2, -0.15) is 4.31 Å². The lowest BCUT2D eigenvalue weighted by molar-refractivity contribution is -0.117. The molecule has 0 aromatic heterocycles. The number of carbonyl (C=O) groups is 2. The molecule has 1 aliphatic heterocycles. The van der Waals surface area contributed by atoms with Crippen LogP contribution in [0.25, 0.3) is 0 Å². The molecule has 2 aromatic carbocycles. The Hall–Kier alpha value is -2.71. The number of carbonyl (C=O) groups excluding carboxylic acids is 2. The summed E-state index contributed by atoms with van der Waals surface area (Å²) in [6, 6.07) is 11.4. The molecule has 0 bridgehead atoms. The Morgan fingerprint density at radius 3 is 2.33 bits per heavy atom. The molecule has 2 amide bonds. The number of hydrogen-bond acceptors (Lipinski definition) is 4. The van der Waals surface area contributed by atoms with E-state index in [1.165, 1.54) is 28.6 Å². The van der Waals surface area contributed by atoms with Gasteiger partial charge in [-0.15, -0.1) is 0 Å². The fourth-order valence-electron chi connectivity index (χ4n) is 3.57. The highest BCUT2D eigenvalue weighted by atomic mass is 32.2. The van der Waals surface area contributed by atoms with E-state index in [0.29, 0.717) is 37.3 Å². The Bertz CT molecular complexity index is 1040. The molecule has 2 aromatic rings. The van der Waals surface area contributed by atoms with E-state index >= 15 is 0 Å².